The monoisotopic (exact) mass is 414 g/mol. The number of anilines is 1. The number of aliphatic imine (C=N–C) groups is 1. The number of hydrogen-bond acceptors (Lipinski definition) is 3. The third kappa shape index (κ3) is 5.04. The molecule has 0 spiro atoms. The van der Waals surface area contributed by atoms with E-state index in [2.05, 4.69) is 30.0 Å². The largest absolute Gasteiger partial charge is 0.322 e. The first-order chi connectivity index (χ1) is 12.1. The van der Waals surface area contributed by atoms with Crippen molar-refractivity contribution in [2.24, 2.45) is 4.99 Å². The van der Waals surface area contributed by atoms with Crippen LogP contribution in [0.15, 0.2) is 53.5 Å². The molecule has 26 heavy (non-hydrogen) atoms. The van der Waals surface area contributed by atoms with Crippen molar-refractivity contribution in [2.75, 3.05) is 18.0 Å². The summed E-state index contributed by atoms with van der Waals surface area (Å²) in [5.41, 5.74) is 4.07. The highest BCUT2D eigenvalue weighted by Gasteiger charge is 2.20. The second kappa shape index (κ2) is 9.67. The predicted octanol–water partition coefficient (Wildman–Crippen LogP) is 5.54. The van der Waals surface area contributed by atoms with Crippen LogP contribution in [0.4, 0.5) is 5.69 Å². The molecule has 1 aliphatic heterocycles. The number of ketones is 1. The molecule has 0 aliphatic carbocycles. The summed E-state index contributed by atoms with van der Waals surface area (Å²) in [5.74, 6) is 1.19. The molecule has 0 radical (unpaired) electrons. The fraction of sp³-hybridized carbons (Fsp3) is 0.364. The minimum absolute atomic E-state index is 0. The summed E-state index contributed by atoms with van der Waals surface area (Å²) < 4.78 is 0. The van der Waals surface area contributed by atoms with Gasteiger partial charge in [0.05, 0.1) is 6.54 Å². The number of carbonyl (C=O) groups is 1. The van der Waals surface area contributed by atoms with Crippen LogP contribution in [0.3, 0.4) is 0 Å². The Morgan fingerprint density at radius 3 is 2.54 bits per heavy atom. The lowest BCUT2D eigenvalue weighted by Gasteiger charge is -2.26. The SMILES string of the molecule is Br.Cc1ccc(C(=O)CN(C2=NCCCCC2)c2ccccc2)c(C)c1. The zero-order chi connectivity index (χ0) is 17.6. The Morgan fingerprint density at radius 1 is 1.04 bits per heavy atom. The molecule has 2 aromatic rings. The van der Waals surface area contributed by atoms with E-state index in [0.717, 1.165) is 48.5 Å². The first-order valence-corrected chi connectivity index (χ1v) is 9.11. The zero-order valence-corrected chi connectivity index (χ0v) is 17.3. The Hall–Kier alpha value is -1.94. The minimum Gasteiger partial charge on any atom is -0.322 e. The van der Waals surface area contributed by atoms with Gasteiger partial charge in [0.1, 0.15) is 5.84 Å². The summed E-state index contributed by atoms with van der Waals surface area (Å²) >= 11 is 0. The molecule has 0 aromatic heterocycles. The van der Waals surface area contributed by atoms with E-state index >= 15 is 0 Å². The average molecular weight is 415 g/mol. The fourth-order valence-corrected chi connectivity index (χ4v) is 3.37. The molecular formula is C22H27BrN2O. The number of hydrogen-bond donors (Lipinski definition) is 0. The first kappa shape index (κ1) is 20.4. The third-order valence-electron chi connectivity index (χ3n) is 4.72. The standard InChI is InChI=1S/C22H26N2O.BrH/c1-17-12-13-20(18(2)15-17)21(25)16-24(19-9-5-3-6-10-19)22-11-7-4-8-14-23-22;/h3,5-6,9-10,12-13,15H,4,7-8,11,14,16H2,1-2H3;1H. The van der Waals surface area contributed by atoms with Crippen LogP contribution < -0.4 is 4.90 Å². The Balaban J connectivity index is 0.00000243. The van der Waals surface area contributed by atoms with Crippen LogP contribution in [0, 0.1) is 13.8 Å². The lowest BCUT2D eigenvalue weighted by atomic mass is 10.0. The fourth-order valence-electron chi connectivity index (χ4n) is 3.37. The normalized spacial score (nSPS) is 14.0. The topological polar surface area (TPSA) is 32.7 Å². The van der Waals surface area contributed by atoms with Gasteiger partial charge in [0.2, 0.25) is 0 Å². The number of Topliss-reactive ketones (excluding diaryl/α,β-unsaturated/α-hetero) is 1. The molecule has 0 bridgehead atoms. The Labute approximate surface area is 166 Å². The first-order valence-electron chi connectivity index (χ1n) is 9.11. The lowest BCUT2D eigenvalue weighted by Crippen LogP contribution is -2.36. The van der Waals surface area contributed by atoms with Crippen molar-refractivity contribution in [1.82, 2.24) is 0 Å². The maximum atomic E-state index is 13.0. The van der Waals surface area contributed by atoms with E-state index in [4.69, 9.17) is 4.99 Å². The van der Waals surface area contributed by atoms with E-state index in [1.54, 1.807) is 0 Å². The maximum absolute atomic E-state index is 13.0. The highest BCUT2D eigenvalue weighted by Crippen LogP contribution is 2.20. The number of para-hydroxylation sites is 1. The summed E-state index contributed by atoms with van der Waals surface area (Å²) in [6, 6.07) is 16.2. The van der Waals surface area contributed by atoms with Crippen molar-refractivity contribution in [3.8, 4) is 0 Å². The van der Waals surface area contributed by atoms with Crippen LogP contribution in [0.25, 0.3) is 0 Å². The van der Waals surface area contributed by atoms with Gasteiger partial charge in [0.25, 0.3) is 0 Å². The average Bonchev–Trinajstić information content (AvgIpc) is 2.89. The molecule has 0 atom stereocenters. The molecule has 0 saturated heterocycles. The summed E-state index contributed by atoms with van der Waals surface area (Å²) in [4.78, 5) is 19.9. The molecule has 0 unspecified atom stereocenters. The van der Waals surface area contributed by atoms with E-state index in [1.165, 1.54) is 12.0 Å². The van der Waals surface area contributed by atoms with Gasteiger partial charge in [-0.1, -0.05) is 48.4 Å². The Bertz CT molecular complexity index is 771. The molecule has 3 rings (SSSR count). The van der Waals surface area contributed by atoms with E-state index in [9.17, 15) is 4.79 Å². The summed E-state index contributed by atoms with van der Waals surface area (Å²) in [6.07, 6.45) is 4.42. The molecule has 138 valence electrons. The molecule has 0 N–H and O–H groups in total. The molecule has 0 saturated carbocycles. The van der Waals surface area contributed by atoms with Crippen LogP contribution in [0.5, 0.6) is 0 Å². The summed E-state index contributed by atoms with van der Waals surface area (Å²) in [5, 5.41) is 0. The number of rotatable bonds is 4. The molecule has 1 heterocycles. The van der Waals surface area contributed by atoms with Crippen molar-refractivity contribution < 1.29 is 4.79 Å². The van der Waals surface area contributed by atoms with Gasteiger partial charge in [-0.15, -0.1) is 17.0 Å². The van der Waals surface area contributed by atoms with Crippen LogP contribution >= 0.6 is 17.0 Å². The second-order valence-corrected chi connectivity index (χ2v) is 6.77. The number of aryl methyl sites for hydroxylation is 2. The smallest absolute Gasteiger partial charge is 0.182 e. The number of halogens is 1. The van der Waals surface area contributed by atoms with Crippen molar-refractivity contribution in [3.05, 3.63) is 65.2 Å². The number of amidine groups is 1. The van der Waals surface area contributed by atoms with E-state index in [0.29, 0.717) is 6.54 Å². The van der Waals surface area contributed by atoms with Gasteiger partial charge in [-0.25, -0.2) is 0 Å². The third-order valence-corrected chi connectivity index (χ3v) is 4.72. The van der Waals surface area contributed by atoms with E-state index in [-0.39, 0.29) is 22.8 Å². The number of carbonyl (C=O) groups excluding carboxylic acids is 1. The highest BCUT2D eigenvalue weighted by molar-refractivity contribution is 8.93. The highest BCUT2D eigenvalue weighted by atomic mass is 79.9. The maximum Gasteiger partial charge on any atom is 0.182 e. The van der Waals surface area contributed by atoms with E-state index in [1.807, 2.05) is 37.3 Å². The van der Waals surface area contributed by atoms with Gasteiger partial charge in [-0.3, -0.25) is 9.79 Å². The van der Waals surface area contributed by atoms with Gasteiger partial charge in [-0.2, -0.15) is 0 Å². The van der Waals surface area contributed by atoms with Crippen molar-refractivity contribution in [3.63, 3.8) is 0 Å². The summed E-state index contributed by atoms with van der Waals surface area (Å²) in [7, 11) is 0. The molecular weight excluding hydrogens is 388 g/mol. The molecule has 4 heteroatoms. The Kier molecular flexibility index (Phi) is 7.58. The predicted molar refractivity (Wildman–Crippen MR) is 115 cm³/mol. The van der Waals surface area contributed by atoms with Gasteiger partial charge in [0, 0.05) is 24.2 Å². The van der Waals surface area contributed by atoms with Crippen molar-refractivity contribution >= 4 is 34.3 Å². The van der Waals surface area contributed by atoms with Crippen LogP contribution in [0.1, 0.15) is 47.2 Å². The second-order valence-electron chi connectivity index (χ2n) is 6.77. The quantitative estimate of drug-likeness (QED) is 0.614. The van der Waals surface area contributed by atoms with Crippen LogP contribution in [0.2, 0.25) is 0 Å². The summed E-state index contributed by atoms with van der Waals surface area (Å²) in [6.45, 7) is 5.26. The molecule has 0 amide bonds. The van der Waals surface area contributed by atoms with Gasteiger partial charge in [-0.05, 0) is 44.4 Å². The van der Waals surface area contributed by atoms with Gasteiger partial charge < -0.3 is 4.90 Å². The minimum atomic E-state index is 0. The molecule has 2 aromatic carbocycles. The van der Waals surface area contributed by atoms with Gasteiger partial charge in [0.15, 0.2) is 5.78 Å². The zero-order valence-electron chi connectivity index (χ0n) is 15.6. The number of nitrogens with zero attached hydrogens (tertiary/aromatic N) is 2. The van der Waals surface area contributed by atoms with E-state index < -0.39 is 0 Å². The van der Waals surface area contributed by atoms with Crippen LogP contribution in [-0.2, 0) is 0 Å². The molecule has 1 aliphatic rings. The molecule has 3 nitrogen and oxygen atoms in total. The van der Waals surface area contributed by atoms with Gasteiger partial charge >= 0.3 is 0 Å². The molecule has 0 fully saturated rings. The Morgan fingerprint density at radius 2 is 1.81 bits per heavy atom. The number of benzene rings is 2. The van der Waals surface area contributed by atoms with Crippen LogP contribution in [-0.4, -0.2) is 24.7 Å². The lowest BCUT2D eigenvalue weighted by molar-refractivity contribution is 0.100. The van der Waals surface area contributed by atoms with Crippen molar-refractivity contribution in [2.45, 2.75) is 39.5 Å². The van der Waals surface area contributed by atoms with Crippen molar-refractivity contribution in [1.29, 1.82) is 0 Å².